The van der Waals surface area contributed by atoms with Crippen LogP contribution in [0.5, 0.6) is 0 Å². The van der Waals surface area contributed by atoms with Gasteiger partial charge in [-0.15, -0.1) is 0 Å². The molecule has 0 aliphatic heterocycles. The first-order chi connectivity index (χ1) is 14.2. The number of aromatic nitrogens is 1. The van der Waals surface area contributed by atoms with Crippen LogP contribution in [-0.4, -0.2) is 29.7 Å². The van der Waals surface area contributed by atoms with E-state index in [1.54, 1.807) is 6.92 Å². The standard InChI is InChI=1S/C22H22N2O5/c1-2-27-21(25)18(24-22(26)29-14-16-9-5-3-6-10-16)13-20-23-19(15-28-20)17-11-7-4-8-12-17/h3-12,15,18H,2,13-14H2,1H3,(H,24,26)/t18-/m0/s1. The Morgan fingerprint density at radius 2 is 1.72 bits per heavy atom. The number of esters is 1. The lowest BCUT2D eigenvalue weighted by atomic mass is 10.2. The molecule has 1 atom stereocenters. The van der Waals surface area contributed by atoms with Crippen molar-refractivity contribution in [3.63, 3.8) is 0 Å². The van der Waals surface area contributed by atoms with Crippen LogP contribution in [0.25, 0.3) is 11.3 Å². The fourth-order valence-corrected chi connectivity index (χ4v) is 2.66. The van der Waals surface area contributed by atoms with Gasteiger partial charge in [0, 0.05) is 5.56 Å². The monoisotopic (exact) mass is 394 g/mol. The van der Waals surface area contributed by atoms with Crippen molar-refractivity contribution in [2.75, 3.05) is 6.61 Å². The molecule has 0 fully saturated rings. The van der Waals surface area contributed by atoms with Crippen molar-refractivity contribution in [3.05, 3.63) is 78.4 Å². The molecular formula is C22H22N2O5. The van der Waals surface area contributed by atoms with E-state index in [9.17, 15) is 9.59 Å². The van der Waals surface area contributed by atoms with Crippen LogP contribution in [0.15, 0.2) is 71.3 Å². The molecule has 2 aromatic carbocycles. The molecule has 0 spiro atoms. The highest BCUT2D eigenvalue weighted by Crippen LogP contribution is 2.18. The van der Waals surface area contributed by atoms with E-state index in [1.165, 1.54) is 6.26 Å². The third-order valence-corrected chi connectivity index (χ3v) is 4.08. The normalized spacial score (nSPS) is 11.5. The maximum Gasteiger partial charge on any atom is 0.408 e. The summed E-state index contributed by atoms with van der Waals surface area (Å²) in [6.07, 6.45) is 0.842. The summed E-state index contributed by atoms with van der Waals surface area (Å²) in [5.74, 6) is -0.270. The first kappa shape index (κ1) is 20.1. The molecule has 0 bridgehead atoms. The van der Waals surface area contributed by atoms with E-state index in [4.69, 9.17) is 13.9 Å². The van der Waals surface area contributed by atoms with E-state index in [2.05, 4.69) is 10.3 Å². The number of nitrogens with one attached hydrogen (secondary N) is 1. The van der Waals surface area contributed by atoms with Gasteiger partial charge in [0.15, 0.2) is 5.89 Å². The van der Waals surface area contributed by atoms with Crippen molar-refractivity contribution in [2.24, 2.45) is 0 Å². The second kappa shape index (κ2) is 10.1. The average Bonchev–Trinajstić information content (AvgIpc) is 3.22. The molecule has 7 heteroatoms. The Bertz CT molecular complexity index is 925. The van der Waals surface area contributed by atoms with Crippen molar-refractivity contribution in [3.8, 4) is 11.3 Å². The van der Waals surface area contributed by atoms with Crippen molar-refractivity contribution in [1.82, 2.24) is 10.3 Å². The van der Waals surface area contributed by atoms with Gasteiger partial charge in [0.2, 0.25) is 0 Å². The van der Waals surface area contributed by atoms with Gasteiger partial charge in [-0.25, -0.2) is 14.6 Å². The molecule has 3 rings (SSSR count). The van der Waals surface area contributed by atoms with Gasteiger partial charge in [-0.05, 0) is 12.5 Å². The molecule has 1 amide bonds. The zero-order valence-corrected chi connectivity index (χ0v) is 16.0. The maximum atomic E-state index is 12.3. The van der Waals surface area contributed by atoms with Gasteiger partial charge in [-0.1, -0.05) is 60.7 Å². The number of hydrogen-bond acceptors (Lipinski definition) is 6. The third-order valence-electron chi connectivity index (χ3n) is 4.08. The van der Waals surface area contributed by atoms with Crippen molar-refractivity contribution in [2.45, 2.75) is 26.0 Å². The van der Waals surface area contributed by atoms with E-state index in [0.717, 1.165) is 11.1 Å². The fourth-order valence-electron chi connectivity index (χ4n) is 2.66. The highest BCUT2D eigenvalue weighted by Gasteiger charge is 2.25. The second-order valence-corrected chi connectivity index (χ2v) is 6.21. The zero-order chi connectivity index (χ0) is 20.5. The molecule has 1 N–H and O–H groups in total. The van der Waals surface area contributed by atoms with Gasteiger partial charge in [0.1, 0.15) is 24.6 Å². The summed E-state index contributed by atoms with van der Waals surface area (Å²) in [5, 5.41) is 2.53. The van der Waals surface area contributed by atoms with Crippen LogP contribution in [0.1, 0.15) is 18.4 Å². The summed E-state index contributed by atoms with van der Waals surface area (Å²) in [6, 6.07) is 17.8. The molecule has 0 radical (unpaired) electrons. The SMILES string of the molecule is CCOC(=O)[C@H](Cc1nc(-c2ccccc2)co1)NC(=O)OCc1ccccc1. The first-order valence-electron chi connectivity index (χ1n) is 9.29. The fraction of sp³-hybridized carbons (Fsp3) is 0.227. The molecule has 1 aromatic heterocycles. The van der Waals surface area contributed by atoms with Crippen LogP contribution in [0.4, 0.5) is 4.79 Å². The summed E-state index contributed by atoms with van der Waals surface area (Å²) in [7, 11) is 0. The predicted molar refractivity (Wildman–Crippen MR) is 106 cm³/mol. The molecule has 0 aliphatic carbocycles. The zero-order valence-electron chi connectivity index (χ0n) is 16.0. The Labute approximate surface area is 168 Å². The third kappa shape index (κ3) is 5.93. The summed E-state index contributed by atoms with van der Waals surface area (Å²) in [5.41, 5.74) is 2.39. The number of nitrogens with zero attached hydrogens (tertiary/aromatic N) is 1. The molecule has 1 heterocycles. The number of alkyl carbamates (subject to hydrolysis) is 1. The van der Waals surface area contributed by atoms with Gasteiger partial charge in [-0.2, -0.15) is 0 Å². The largest absolute Gasteiger partial charge is 0.464 e. The molecule has 150 valence electrons. The summed E-state index contributed by atoms with van der Waals surface area (Å²) >= 11 is 0. The van der Waals surface area contributed by atoms with E-state index in [-0.39, 0.29) is 19.6 Å². The van der Waals surface area contributed by atoms with Crippen LogP contribution in [0.2, 0.25) is 0 Å². The number of amides is 1. The van der Waals surface area contributed by atoms with Gasteiger partial charge in [-0.3, -0.25) is 0 Å². The van der Waals surface area contributed by atoms with Crippen LogP contribution in [0.3, 0.4) is 0 Å². The average molecular weight is 394 g/mol. The highest BCUT2D eigenvalue weighted by molar-refractivity contribution is 5.81. The topological polar surface area (TPSA) is 90.7 Å². The molecule has 3 aromatic rings. The second-order valence-electron chi connectivity index (χ2n) is 6.21. The number of rotatable bonds is 8. The minimum atomic E-state index is -0.972. The van der Waals surface area contributed by atoms with Gasteiger partial charge in [0.05, 0.1) is 13.0 Å². The number of benzene rings is 2. The molecule has 0 saturated heterocycles. The minimum absolute atomic E-state index is 0.0477. The van der Waals surface area contributed by atoms with Crippen molar-refractivity contribution < 1.29 is 23.5 Å². The van der Waals surface area contributed by atoms with Crippen LogP contribution < -0.4 is 5.32 Å². The Morgan fingerprint density at radius 1 is 1.03 bits per heavy atom. The maximum absolute atomic E-state index is 12.3. The number of hydrogen-bond donors (Lipinski definition) is 1. The Balaban J connectivity index is 1.63. The number of ether oxygens (including phenoxy) is 2. The Morgan fingerprint density at radius 3 is 2.41 bits per heavy atom. The quantitative estimate of drug-likeness (QED) is 0.585. The van der Waals surface area contributed by atoms with Gasteiger partial charge >= 0.3 is 12.1 Å². The molecule has 29 heavy (non-hydrogen) atoms. The van der Waals surface area contributed by atoms with Crippen LogP contribution in [0, 0.1) is 0 Å². The lowest BCUT2D eigenvalue weighted by molar-refractivity contribution is -0.145. The lowest BCUT2D eigenvalue weighted by Gasteiger charge is -2.15. The van der Waals surface area contributed by atoms with Crippen molar-refractivity contribution in [1.29, 1.82) is 0 Å². The lowest BCUT2D eigenvalue weighted by Crippen LogP contribution is -2.43. The smallest absolute Gasteiger partial charge is 0.408 e. The Hall–Kier alpha value is -3.61. The summed E-state index contributed by atoms with van der Waals surface area (Å²) in [4.78, 5) is 28.8. The van der Waals surface area contributed by atoms with E-state index >= 15 is 0 Å². The number of carbonyl (C=O) groups is 2. The van der Waals surface area contributed by atoms with E-state index < -0.39 is 18.1 Å². The van der Waals surface area contributed by atoms with E-state index in [1.807, 2.05) is 60.7 Å². The summed E-state index contributed by atoms with van der Waals surface area (Å²) in [6.45, 7) is 1.98. The molecule has 7 nitrogen and oxygen atoms in total. The molecule has 0 unspecified atom stereocenters. The van der Waals surface area contributed by atoms with Gasteiger partial charge < -0.3 is 19.2 Å². The molecule has 0 aliphatic rings. The minimum Gasteiger partial charge on any atom is -0.464 e. The van der Waals surface area contributed by atoms with E-state index in [0.29, 0.717) is 11.6 Å². The number of carbonyl (C=O) groups excluding carboxylic acids is 2. The molecule has 0 saturated carbocycles. The Kier molecular flexibility index (Phi) is 7.00. The van der Waals surface area contributed by atoms with Gasteiger partial charge in [0.25, 0.3) is 0 Å². The van der Waals surface area contributed by atoms with Crippen molar-refractivity contribution >= 4 is 12.1 Å². The molecular weight excluding hydrogens is 372 g/mol. The highest BCUT2D eigenvalue weighted by atomic mass is 16.6. The van der Waals surface area contributed by atoms with Crippen LogP contribution >= 0.6 is 0 Å². The summed E-state index contributed by atoms with van der Waals surface area (Å²) < 4.78 is 15.7. The van der Waals surface area contributed by atoms with Crippen LogP contribution in [-0.2, 0) is 27.3 Å². The predicted octanol–water partition coefficient (Wildman–Crippen LogP) is 3.74. The first-order valence-corrected chi connectivity index (χ1v) is 9.29. The number of oxazole rings is 1.